The maximum atomic E-state index is 5.77. The Balaban J connectivity index is 1.43. The van der Waals surface area contributed by atoms with Gasteiger partial charge in [0.15, 0.2) is 5.96 Å². The third-order valence-corrected chi connectivity index (χ3v) is 5.60. The molecule has 0 aliphatic carbocycles. The van der Waals surface area contributed by atoms with Crippen molar-refractivity contribution in [2.24, 2.45) is 4.99 Å². The lowest BCUT2D eigenvalue weighted by Crippen LogP contribution is -2.48. The van der Waals surface area contributed by atoms with E-state index in [2.05, 4.69) is 45.0 Å². The van der Waals surface area contributed by atoms with E-state index in [4.69, 9.17) is 9.47 Å². The Kier molecular flexibility index (Phi) is 7.84. The van der Waals surface area contributed by atoms with Gasteiger partial charge in [-0.3, -0.25) is 0 Å². The average molecular weight is 403 g/mol. The third-order valence-electron chi connectivity index (χ3n) is 4.67. The van der Waals surface area contributed by atoms with Crippen LogP contribution in [0.2, 0.25) is 0 Å². The summed E-state index contributed by atoms with van der Waals surface area (Å²) in [5, 5.41) is 10.4. The predicted molar refractivity (Wildman–Crippen MR) is 117 cm³/mol. The number of rotatable bonds is 8. The van der Waals surface area contributed by atoms with E-state index in [1.807, 2.05) is 35.6 Å². The van der Waals surface area contributed by atoms with Crippen LogP contribution in [-0.2, 0) is 0 Å². The van der Waals surface area contributed by atoms with E-state index in [-0.39, 0.29) is 0 Å². The van der Waals surface area contributed by atoms with Crippen LogP contribution in [0.15, 0.2) is 46.8 Å². The van der Waals surface area contributed by atoms with Crippen molar-refractivity contribution >= 4 is 22.3 Å². The zero-order valence-corrected chi connectivity index (χ0v) is 17.5. The Morgan fingerprint density at radius 1 is 1.21 bits per heavy atom. The lowest BCUT2D eigenvalue weighted by molar-refractivity contribution is 0.325. The van der Waals surface area contributed by atoms with Gasteiger partial charge in [-0.1, -0.05) is 6.07 Å². The van der Waals surface area contributed by atoms with Crippen LogP contribution >= 0.6 is 11.3 Å². The van der Waals surface area contributed by atoms with E-state index in [1.165, 1.54) is 5.00 Å². The Morgan fingerprint density at radius 2 is 2.04 bits per heavy atom. The van der Waals surface area contributed by atoms with Crippen molar-refractivity contribution in [1.29, 1.82) is 0 Å². The van der Waals surface area contributed by atoms with Gasteiger partial charge in [-0.05, 0) is 49.4 Å². The van der Waals surface area contributed by atoms with Crippen LogP contribution in [0.4, 0.5) is 5.00 Å². The Morgan fingerprint density at radius 3 is 2.75 bits per heavy atom. The van der Waals surface area contributed by atoms with Gasteiger partial charge < -0.3 is 25.0 Å². The lowest BCUT2D eigenvalue weighted by Gasteiger charge is -2.33. The van der Waals surface area contributed by atoms with Crippen molar-refractivity contribution < 1.29 is 9.47 Å². The highest BCUT2D eigenvalue weighted by molar-refractivity contribution is 7.14. The molecular weight excluding hydrogens is 372 g/mol. The third kappa shape index (κ3) is 6.05. The van der Waals surface area contributed by atoms with Crippen LogP contribution in [-0.4, -0.2) is 51.9 Å². The molecule has 1 aliphatic rings. The van der Waals surface area contributed by atoms with Gasteiger partial charge >= 0.3 is 0 Å². The molecule has 2 heterocycles. The smallest absolute Gasteiger partial charge is 0.191 e. The second-order valence-corrected chi connectivity index (χ2v) is 7.57. The molecule has 7 heteroatoms. The molecule has 1 fully saturated rings. The number of piperidine rings is 1. The molecule has 1 aliphatic heterocycles. The zero-order chi connectivity index (χ0) is 19.6. The quantitative estimate of drug-likeness (QED) is 0.403. The number of hydrogen-bond acceptors (Lipinski definition) is 5. The lowest BCUT2D eigenvalue weighted by atomic mass is 10.1. The van der Waals surface area contributed by atoms with Crippen molar-refractivity contribution in [2.75, 3.05) is 44.8 Å². The van der Waals surface area contributed by atoms with Gasteiger partial charge in [-0.2, -0.15) is 0 Å². The molecule has 2 N–H and O–H groups in total. The molecule has 0 amide bonds. The monoisotopic (exact) mass is 402 g/mol. The van der Waals surface area contributed by atoms with Crippen molar-refractivity contribution in [3.05, 3.63) is 41.8 Å². The summed E-state index contributed by atoms with van der Waals surface area (Å²) in [6, 6.07) is 12.4. The minimum Gasteiger partial charge on any atom is -0.497 e. The summed E-state index contributed by atoms with van der Waals surface area (Å²) in [5.41, 5.74) is 0. The largest absolute Gasteiger partial charge is 0.497 e. The number of anilines is 1. The molecule has 3 rings (SSSR count). The molecule has 0 saturated carbocycles. The first-order valence-electron chi connectivity index (χ1n) is 9.88. The van der Waals surface area contributed by atoms with Crippen LogP contribution in [0.3, 0.4) is 0 Å². The van der Waals surface area contributed by atoms with Crippen LogP contribution in [0.5, 0.6) is 11.5 Å². The van der Waals surface area contributed by atoms with Gasteiger partial charge in [0.05, 0.1) is 18.7 Å². The van der Waals surface area contributed by atoms with Crippen LogP contribution in [0, 0.1) is 0 Å². The summed E-state index contributed by atoms with van der Waals surface area (Å²) < 4.78 is 11.0. The highest BCUT2D eigenvalue weighted by Crippen LogP contribution is 2.24. The molecule has 0 unspecified atom stereocenters. The van der Waals surface area contributed by atoms with Gasteiger partial charge in [0.1, 0.15) is 18.1 Å². The first kappa shape index (κ1) is 20.3. The molecule has 0 bridgehead atoms. The fraction of sp³-hybridized carbons (Fsp3) is 0.476. The summed E-state index contributed by atoms with van der Waals surface area (Å²) in [7, 11) is 1.66. The van der Waals surface area contributed by atoms with Crippen LogP contribution in [0.1, 0.15) is 19.8 Å². The number of guanidine groups is 1. The highest BCUT2D eigenvalue weighted by Gasteiger charge is 2.20. The predicted octanol–water partition coefficient (Wildman–Crippen LogP) is 3.36. The second kappa shape index (κ2) is 10.8. The van der Waals surface area contributed by atoms with Crippen LogP contribution in [0.25, 0.3) is 0 Å². The fourth-order valence-corrected chi connectivity index (χ4v) is 4.00. The Bertz CT molecular complexity index is 728. The minimum absolute atomic E-state index is 0.452. The van der Waals surface area contributed by atoms with Gasteiger partial charge in [-0.15, -0.1) is 11.3 Å². The van der Waals surface area contributed by atoms with Crippen LogP contribution < -0.4 is 25.0 Å². The molecule has 1 saturated heterocycles. The van der Waals surface area contributed by atoms with E-state index in [0.29, 0.717) is 19.2 Å². The number of methoxy groups -OCH3 is 1. The maximum absolute atomic E-state index is 5.77. The Hall–Kier alpha value is -2.41. The highest BCUT2D eigenvalue weighted by atomic mass is 32.1. The molecule has 28 heavy (non-hydrogen) atoms. The second-order valence-electron chi connectivity index (χ2n) is 6.65. The number of nitrogens with one attached hydrogen (secondary N) is 2. The van der Waals surface area contributed by atoms with Gasteiger partial charge in [0, 0.05) is 31.7 Å². The van der Waals surface area contributed by atoms with E-state index < -0.39 is 0 Å². The number of hydrogen-bond donors (Lipinski definition) is 2. The molecule has 2 aromatic rings. The van der Waals surface area contributed by atoms with Crippen molar-refractivity contribution in [1.82, 2.24) is 10.6 Å². The van der Waals surface area contributed by atoms with E-state index in [9.17, 15) is 0 Å². The van der Waals surface area contributed by atoms with E-state index in [0.717, 1.165) is 49.9 Å². The summed E-state index contributed by atoms with van der Waals surface area (Å²) in [6.45, 7) is 6.22. The number of aliphatic imine (C=N–C) groups is 1. The topological polar surface area (TPSA) is 58.1 Å². The van der Waals surface area contributed by atoms with Crippen molar-refractivity contribution in [3.8, 4) is 11.5 Å². The van der Waals surface area contributed by atoms with Crippen molar-refractivity contribution in [2.45, 2.75) is 25.8 Å². The maximum Gasteiger partial charge on any atom is 0.191 e. The Labute approximate surface area is 171 Å². The summed E-state index contributed by atoms with van der Waals surface area (Å²) >= 11 is 1.81. The summed E-state index contributed by atoms with van der Waals surface area (Å²) in [5.74, 6) is 2.46. The molecule has 1 aromatic carbocycles. The van der Waals surface area contributed by atoms with E-state index >= 15 is 0 Å². The van der Waals surface area contributed by atoms with Crippen molar-refractivity contribution in [3.63, 3.8) is 0 Å². The standard InChI is InChI=1S/C21H30N4O2S/c1-3-22-21(23-11-14-27-19-7-4-6-18(16-19)26-2)24-17-9-12-25(13-10-17)20-8-5-15-28-20/h4-8,15-17H,3,9-14H2,1-2H3,(H2,22,23,24). The van der Waals surface area contributed by atoms with Gasteiger partial charge in [0.2, 0.25) is 0 Å². The molecule has 152 valence electrons. The summed E-state index contributed by atoms with van der Waals surface area (Å²) in [4.78, 5) is 7.13. The van der Waals surface area contributed by atoms with E-state index in [1.54, 1.807) is 7.11 Å². The molecule has 0 atom stereocenters. The normalized spacial score (nSPS) is 15.4. The number of nitrogens with zero attached hydrogens (tertiary/aromatic N) is 2. The van der Waals surface area contributed by atoms with Gasteiger partial charge in [0.25, 0.3) is 0 Å². The number of benzene rings is 1. The molecule has 6 nitrogen and oxygen atoms in total. The van der Waals surface area contributed by atoms with Gasteiger partial charge in [-0.25, -0.2) is 4.99 Å². The fourth-order valence-electron chi connectivity index (χ4n) is 3.22. The number of thiophene rings is 1. The molecule has 0 spiro atoms. The minimum atomic E-state index is 0.452. The SMILES string of the molecule is CCNC(=NCCOc1cccc(OC)c1)NC1CCN(c2cccs2)CC1. The first-order valence-corrected chi connectivity index (χ1v) is 10.8. The zero-order valence-electron chi connectivity index (χ0n) is 16.7. The first-order chi connectivity index (χ1) is 13.8. The number of ether oxygens (including phenoxy) is 2. The molecular formula is C21H30N4O2S. The molecule has 1 aromatic heterocycles. The summed E-state index contributed by atoms with van der Waals surface area (Å²) in [6.07, 6.45) is 2.23. The average Bonchev–Trinajstić information content (AvgIpc) is 3.27. The molecule has 0 radical (unpaired) electrons.